The van der Waals surface area contributed by atoms with Gasteiger partial charge in [-0.2, -0.15) is 0 Å². The number of aromatic hydroxyl groups is 1. The Labute approximate surface area is 156 Å². The third kappa shape index (κ3) is 6.18. The molecule has 0 fully saturated rings. The van der Waals surface area contributed by atoms with Gasteiger partial charge in [0.15, 0.2) is 0 Å². The van der Waals surface area contributed by atoms with E-state index in [1.165, 1.54) is 0 Å². The molecule has 1 atom stereocenters. The average molecular weight is 287 g/mol. The molecule has 0 radical (unpaired) electrons. The van der Waals surface area contributed by atoms with Crippen molar-refractivity contribution < 1.29 is 66.4 Å². The van der Waals surface area contributed by atoms with Gasteiger partial charge in [0.2, 0.25) is 0 Å². The van der Waals surface area contributed by atoms with Gasteiger partial charge in [0.25, 0.3) is 0 Å². The van der Waals surface area contributed by atoms with E-state index < -0.39 is 12.0 Å². The van der Waals surface area contributed by atoms with E-state index in [1.807, 2.05) is 13.8 Å². The smallest absolute Gasteiger partial charge is 0.548 e. The molecule has 19 heavy (non-hydrogen) atoms. The number of rotatable bonds is 5. The average Bonchev–Trinajstić information content (AvgIpc) is 2.27. The number of carbonyl (C=O) groups excluding carboxylic acids is 1. The summed E-state index contributed by atoms with van der Waals surface area (Å²) in [5.41, 5.74) is 1.05. The maximum Gasteiger partial charge on any atom is 1.00 e. The van der Waals surface area contributed by atoms with E-state index in [-0.39, 0.29) is 63.1 Å². The topological polar surface area (TPSA) is 72.7 Å². The van der Waals surface area contributed by atoms with Gasteiger partial charge in [0.1, 0.15) is 5.75 Å². The molecule has 0 aliphatic carbocycles. The number of phenols is 1. The Hall–Kier alpha value is -0.204. The van der Waals surface area contributed by atoms with Gasteiger partial charge in [0, 0.05) is 11.3 Å². The summed E-state index contributed by atoms with van der Waals surface area (Å²) in [5, 5.41) is 20.7. The van der Waals surface area contributed by atoms with Gasteiger partial charge in [-0.15, -0.1) is 0 Å². The number of hydrogen-bond acceptors (Lipinski definition) is 4. The van der Waals surface area contributed by atoms with Gasteiger partial charge >= 0.3 is 51.4 Å². The minimum atomic E-state index is -1.18. The van der Waals surface area contributed by atoms with Crippen LogP contribution in [0.2, 0.25) is 0 Å². The van der Waals surface area contributed by atoms with Crippen molar-refractivity contribution in [2.24, 2.45) is 10.9 Å². The Morgan fingerprint density at radius 1 is 1.37 bits per heavy atom. The molecule has 0 aliphatic heterocycles. The summed E-state index contributed by atoms with van der Waals surface area (Å²) in [6.45, 7) is 5.55. The van der Waals surface area contributed by atoms with Gasteiger partial charge < -0.3 is 15.0 Å². The standard InChI is InChI=1S/C14H19NO3.K/c1-9(2)8-12(14(17)18)15-10(3)11-6-4-5-7-13(11)16;/h4-7,9,12,16H,8H2,1-3H3,(H,17,18);/q;+1/p-1. The van der Waals surface area contributed by atoms with E-state index in [0.29, 0.717) is 17.7 Å². The van der Waals surface area contributed by atoms with Crippen LogP contribution in [0.1, 0.15) is 32.8 Å². The van der Waals surface area contributed by atoms with Crippen molar-refractivity contribution in [3.8, 4) is 5.75 Å². The summed E-state index contributed by atoms with van der Waals surface area (Å²) in [5.74, 6) is -0.868. The van der Waals surface area contributed by atoms with Crippen LogP contribution in [0.4, 0.5) is 0 Å². The molecule has 1 N–H and O–H groups in total. The molecule has 4 nitrogen and oxygen atoms in total. The van der Waals surface area contributed by atoms with Crippen LogP contribution in [0, 0.1) is 5.92 Å². The summed E-state index contributed by atoms with van der Waals surface area (Å²) in [4.78, 5) is 15.1. The van der Waals surface area contributed by atoms with Gasteiger partial charge in [0.05, 0.1) is 12.0 Å². The number of benzene rings is 1. The molecule has 1 aromatic rings. The van der Waals surface area contributed by atoms with Gasteiger partial charge in [-0.3, -0.25) is 4.99 Å². The minimum absolute atomic E-state index is 0. The van der Waals surface area contributed by atoms with E-state index in [4.69, 9.17) is 0 Å². The number of carboxylic acid groups (broad SMARTS) is 1. The van der Waals surface area contributed by atoms with Crippen molar-refractivity contribution in [2.45, 2.75) is 33.2 Å². The largest absolute Gasteiger partial charge is 1.00 e. The fourth-order valence-corrected chi connectivity index (χ4v) is 1.73. The molecule has 0 saturated carbocycles. The van der Waals surface area contributed by atoms with E-state index in [1.54, 1.807) is 31.2 Å². The summed E-state index contributed by atoms with van der Waals surface area (Å²) in [7, 11) is 0. The molecule has 0 aliphatic rings. The van der Waals surface area contributed by atoms with Crippen molar-refractivity contribution in [2.75, 3.05) is 0 Å². The Morgan fingerprint density at radius 2 is 1.95 bits per heavy atom. The van der Waals surface area contributed by atoms with Crippen LogP contribution in [0.15, 0.2) is 29.3 Å². The van der Waals surface area contributed by atoms with Crippen LogP contribution in [0.3, 0.4) is 0 Å². The first-order valence-corrected chi connectivity index (χ1v) is 5.95. The molecular weight excluding hydrogens is 269 g/mol. The second-order valence-electron chi connectivity index (χ2n) is 4.70. The number of aliphatic imine (C=N–C) groups is 1. The molecule has 0 spiro atoms. The Morgan fingerprint density at radius 3 is 2.42 bits per heavy atom. The third-order valence-electron chi connectivity index (χ3n) is 2.61. The maximum absolute atomic E-state index is 11.0. The molecule has 1 rings (SSSR count). The summed E-state index contributed by atoms with van der Waals surface area (Å²) in [6, 6.07) is 5.85. The molecular formula is C14H18KNO3. The third-order valence-corrected chi connectivity index (χ3v) is 2.61. The second-order valence-corrected chi connectivity index (χ2v) is 4.70. The monoisotopic (exact) mass is 287 g/mol. The fraction of sp³-hybridized carbons (Fsp3) is 0.429. The van der Waals surface area contributed by atoms with Crippen LogP contribution in [-0.2, 0) is 4.79 Å². The maximum atomic E-state index is 11.0. The molecule has 1 unspecified atom stereocenters. The van der Waals surface area contributed by atoms with Gasteiger partial charge in [-0.25, -0.2) is 0 Å². The van der Waals surface area contributed by atoms with Gasteiger partial charge in [-0.05, 0) is 31.4 Å². The molecule has 98 valence electrons. The first-order chi connectivity index (χ1) is 8.41. The molecule has 0 saturated heterocycles. The summed E-state index contributed by atoms with van der Waals surface area (Å²) in [6.07, 6.45) is 0.424. The van der Waals surface area contributed by atoms with E-state index in [9.17, 15) is 15.0 Å². The molecule has 0 heterocycles. The van der Waals surface area contributed by atoms with Crippen LogP contribution < -0.4 is 56.5 Å². The first-order valence-electron chi connectivity index (χ1n) is 5.95. The van der Waals surface area contributed by atoms with Crippen molar-refractivity contribution in [3.63, 3.8) is 0 Å². The first kappa shape index (κ1) is 18.8. The number of hydrogen-bond donors (Lipinski definition) is 1. The zero-order valence-corrected chi connectivity index (χ0v) is 15.0. The number of phenolic OH excluding ortho intramolecular Hbond substituents is 1. The van der Waals surface area contributed by atoms with Crippen LogP contribution in [0.5, 0.6) is 5.75 Å². The number of carbonyl (C=O) groups is 1. The zero-order valence-electron chi connectivity index (χ0n) is 11.9. The normalized spacial score (nSPS) is 12.9. The zero-order chi connectivity index (χ0) is 13.7. The van der Waals surface area contributed by atoms with E-state index in [2.05, 4.69) is 4.99 Å². The number of nitrogens with zero attached hydrogens (tertiary/aromatic N) is 1. The molecule has 0 bridgehead atoms. The Balaban J connectivity index is 0.00000324. The van der Waals surface area contributed by atoms with Gasteiger partial charge in [-0.1, -0.05) is 26.0 Å². The molecule has 0 aromatic heterocycles. The number of carboxylic acids is 1. The van der Waals surface area contributed by atoms with Crippen LogP contribution in [0.25, 0.3) is 0 Å². The second kappa shape index (κ2) is 8.87. The Kier molecular flexibility index (Phi) is 8.77. The minimum Gasteiger partial charge on any atom is -0.548 e. The number of aliphatic carboxylic acids is 1. The van der Waals surface area contributed by atoms with Crippen molar-refractivity contribution in [3.05, 3.63) is 29.8 Å². The Bertz CT molecular complexity index is 458. The predicted octanol–water partition coefficient (Wildman–Crippen LogP) is -1.63. The summed E-state index contributed by atoms with van der Waals surface area (Å²) >= 11 is 0. The van der Waals surface area contributed by atoms with E-state index >= 15 is 0 Å². The van der Waals surface area contributed by atoms with Crippen LogP contribution >= 0.6 is 0 Å². The van der Waals surface area contributed by atoms with Crippen LogP contribution in [-0.4, -0.2) is 22.8 Å². The molecule has 0 amide bonds. The quantitative estimate of drug-likeness (QED) is 0.522. The number of para-hydroxylation sites is 1. The molecule has 5 heteroatoms. The van der Waals surface area contributed by atoms with Crippen molar-refractivity contribution >= 4 is 11.7 Å². The van der Waals surface area contributed by atoms with E-state index in [0.717, 1.165) is 0 Å². The summed E-state index contributed by atoms with van der Waals surface area (Å²) < 4.78 is 0. The van der Waals surface area contributed by atoms with Crippen molar-refractivity contribution in [1.29, 1.82) is 0 Å². The molecule has 1 aromatic carbocycles. The predicted molar refractivity (Wildman–Crippen MR) is 68.6 cm³/mol. The fourth-order valence-electron chi connectivity index (χ4n) is 1.73. The van der Waals surface area contributed by atoms with Crippen molar-refractivity contribution in [1.82, 2.24) is 0 Å². The SMILES string of the molecule is CC(=NC(CC(C)C)C(=O)[O-])c1ccccc1O.[K+].